The van der Waals surface area contributed by atoms with Gasteiger partial charge in [0.2, 0.25) is 5.89 Å². The number of carboxylic acid groups (broad SMARTS) is 1. The zero-order valence-corrected chi connectivity index (χ0v) is 9.73. The molecule has 1 heterocycles. The topological polar surface area (TPSA) is 63.3 Å². The number of carboxylic acids is 1. The first-order valence-corrected chi connectivity index (χ1v) is 5.31. The fourth-order valence-electron chi connectivity index (χ4n) is 1.63. The van der Waals surface area contributed by atoms with Crippen LogP contribution in [0.2, 0.25) is 0 Å². The van der Waals surface area contributed by atoms with Crippen molar-refractivity contribution >= 4 is 5.97 Å². The molecule has 0 aliphatic heterocycles. The number of rotatable bonds is 3. The van der Waals surface area contributed by atoms with Crippen molar-refractivity contribution in [1.82, 2.24) is 4.98 Å². The third kappa shape index (κ3) is 2.53. The van der Waals surface area contributed by atoms with Gasteiger partial charge in [0, 0.05) is 5.56 Å². The highest BCUT2D eigenvalue weighted by Crippen LogP contribution is 2.22. The number of aliphatic carboxylic acids is 1. The molecular formula is C13H13NO3. The Balaban J connectivity index is 2.37. The third-order valence-electron chi connectivity index (χ3n) is 2.47. The largest absolute Gasteiger partial charge is 0.481 e. The van der Waals surface area contributed by atoms with Crippen LogP contribution < -0.4 is 0 Å². The van der Waals surface area contributed by atoms with E-state index in [9.17, 15) is 4.79 Å². The summed E-state index contributed by atoms with van der Waals surface area (Å²) in [5, 5.41) is 8.73. The number of hydrogen-bond acceptors (Lipinski definition) is 3. The molecule has 17 heavy (non-hydrogen) atoms. The number of aromatic nitrogens is 1. The van der Waals surface area contributed by atoms with Crippen LogP contribution in [-0.4, -0.2) is 16.1 Å². The Morgan fingerprint density at radius 1 is 1.41 bits per heavy atom. The summed E-state index contributed by atoms with van der Waals surface area (Å²) in [5.41, 5.74) is 2.60. The summed E-state index contributed by atoms with van der Waals surface area (Å²) in [4.78, 5) is 14.9. The van der Waals surface area contributed by atoms with Gasteiger partial charge in [0.05, 0.1) is 5.69 Å². The number of benzene rings is 1. The average molecular weight is 231 g/mol. The van der Waals surface area contributed by atoms with Gasteiger partial charge in [-0.2, -0.15) is 0 Å². The first-order valence-electron chi connectivity index (χ1n) is 5.31. The Bertz CT molecular complexity index is 558. The quantitative estimate of drug-likeness (QED) is 0.881. The van der Waals surface area contributed by atoms with Crippen molar-refractivity contribution in [2.45, 2.75) is 20.3 Å². The van der Waals surface area contributed by atoms with E-state index < -0.39 is 5.97 Å². The molecule has 0 aliphatic carbocycles. The van der Waals surface area contributed by atoms with Crippen LogP contribution in [0.25, 0.3) is 11.5 Å². The molecule has 4 nitrogen and oxygen atoms in total. The van der Waals surface area contributed by atoms with Gasteiger partial charge in [-0.1, -0.05) is 17.7 Å². The lowest BCUT2D eigenvalue weighted by Gasteiger charge is -1.96. The summed E-state index contributed by atoms with van der Waals surface area (Å²) in [6.45, 7) is 3.73. The van der Waals surface area contributed by atoms with E-state index in [0.29, 0.717) is 17.3 Å². The summed E-state index contributed by atoms with van der Waals surface area (Å²) < 4.78 is 5.47. The van der Waals surface area contributed by atoms with E-state index in [4.69, 9.17) is 9.52 Å². The molecule has 0 fully saturated rings. The third-order valence-corrected chi connectivity index (χ3v) is 2.47. The first-order chi connectivity index (χ1) is 8.06. The van der Waals surface area contributed by atoms with Gasteiger partial charge in [-0.05, 0) is 26.0 Å². The van der Waals surface area contributed by atoms with E-state index in [0.717, 1.165) is 11.1 Å². The maximum absolute atomic E-state index is 10.6. The Hall–Kier alpha value is -2.10. The standard InChI is InChI=1S/C13H13NO3/c1-8-4-3-5-10(6-8)13-14-9(2)11(17-13)7-12(15)16/h3-6H,7H2,1-2H3,(H,15,16). The molecule has 0 atom stereocenters. The predicted molar refractivity (Wildman–Crippen MR) is 62.8 cm³/mol. The van der Waals surface area contributed by atoms with Crippen LogP contribution in [-0.2, 0) is 11.2 Å². The zero-order valence-electron chi connectivity index (χ0n) is 9.73. The van der Waals surface area contributed by atoms with Gasteiger partial charge in [-0.3, -0.25) is 4.79 Å². The van der Waals surface area contributed by atoms with Gasteiger partial charge in [-0.25, -0.2) is 4.98 Å². The van der Waals surface area contributed by atoms with E-state index in [2.05, 4.69) is 4.98 Å². The molecule has 0 radical (unpaired) electrons. The molecule has 1 aromatic heterocycles. The summed E-state index contributed by atoms with van der Waals surface area (Å²) >= 11 is 0. The van der Waals surface area contributed by atoms with Crippen LogP contribution in [0.1, 0.15) is 17.0 Å². The lowest BCUT2D eigenvalue weighted by molar-refractivity contribution is -0.136. The van der Waals surface area contributed by atoms with Gasteiger partial charge in [0.1, 0.15) is 12.2 Å². The molecular weight excluding hydrogens is 218 g/mol. The fraction of sp³-hybridized carbons (Fsp3) is 0.231. The molecule has 0 saturated heterocycles. The molecule has 0 unspecified atom stereocenters. The van der Waals surface area contributed by atoms with Crippen molar-refractivity contribution in [1.29, 1.82) is 0 Å². The lowest BCUT2D eigenvalue weighted by atomic mass is 10.1. The number of nitrogens with zero attached hydrogens (tertiary/aromatic N) is 1. The first kappa shape index (κ1) is 11.4. The minimum atomic E-state index is -0.917. The maximum Gasteiger partial charge on any atom is 0.311 e. The van der Waals surface area contributed by atoms with E-state index in [-0.39, 0.29) is 6.42 Å². The molecule has 2 rings (SSSR count). The van der Waals surface area contributed by atoms with Crippen molar-refractivity contribution < 1.29 is 14.3 Å². The van der Waals surface area contributed by atoms with Gasteiger partial charge in [-0.15, -0.1) is 0 Å². The Morgan fingerprint density at radius 3 is 2.82 bits per heavy atom. The maximum atomic E-state index is 10.6. The predicted octanol–water partition coefficient (Wildman–Crippen LogP) is 2.59. The molecule has 0 spiro atoms. The highest BCUT2D eigenvalue weighted by atomic mass is 16.4. The second kappa shape index (κ2) is 4.41. The second-order valence-corrected chi connectivity index (χ2v) is 3.97. The number of oxazole rings is 1. The number of aryl methyl sites for hydroxylation is 2. The zero-order chi connectivity index (χ0) is 12.4. The Morgan fingerprint density at radius 2 is 2.18 bits per heavy atom. The summed E-state index contributed by atoms with van der Waals surface area (Å²) in [7, 11) is 0. The average Bonchev–Trinajstić information content (AvgIpc) is 2.59. The van der Waals surface area contributed by atoms with Gasteiger partial charge in [0.15, 0.2) is 0 Å². The molecule has 1 aromatic carbocycles. The van der Waals surface area contributed by atoms with Gasteiger partial charge in [0.25, 0.3) is 0 Å². The Kier molecular flexibility index (Phi) is 2.95. The molecule has 2 aromatic rings. The number of hydrogen-bond donors (Lipinski definition) is 1. The van der Waals surface area contributed by atoms with E-state index in [1.165, 1.54) is 0 Å². The highest BCUT2D eigenvalue weighted by molar-refractivity contribution is 5.70. The van der Waals surface area contributed by atoms with E-state index in [1.54, 1.807) is 6.92 Å². The monoisotopic (exact) mass is 231 g/mol. The van der Waals surface area contributed by atoms with Crippen LogP contribution in [0.15, 0.2) is 28.7 Å². The molecule has 0 aliphatic rings. The minimum absolute atomic E-state index is 0.134. The van der Waals surface area contributed by atoms with Crippen LogP contribution in [0.4, 0.5) is 0 Å². The van der Waals surface area contributed by atoms with Gasteiger partial charge < -0.3 is 9.52 Å². The van der Waals surface area contributed by atoms with Crippen molar-refractivity contribution in [3.8, 4) is 11.5 Å². The molecule has 4 heteroatoms. The van der Waals surface area contributed by atoms with Crippen LogP contribution in [0, 0.1) is 13.8 Å². The van der Waals surface area contributed by atoms with Crippen LogP contribution in [0.5, 0.6) is 0 Å². The summed E-state index contributed by atoms with van der Waals surface area (Å²) in [6, 6.07) is 7.75. The van der Waals surface area contributed by atoms with Crippen LogP contribution in [0.3, 0.4) is 0 Å². The van der Waals surface area contributed by atoms with Gasteiger partial charge >= 0.3 is 5.97 Å². The normalized spacial score (nSPS) is 10.5. The lowest BCUT2D eigenvalue weighted by Crippen LogP contribution is -1.99. The van der Waals surface area contributed by atoms with Crippen LogP contribution >= 0.6 is 0 Å². The van der Waals surface area contributed by atoms with E-state index >= 15 is 0 Å². The molecule has 0 amide bonds. The second-order valence-electron chi connectivity index (χ2n) is 3.97. The Labute approximate surface area is 98.9 Å². The van der Waals surface area contributed by atoms with Crippen molar-refractivity contribution in [2.75, 3.05) is 0 Å². The highest BCUT2D eigenvalue weighted by Gasteiger charge is 2.13. The minimum Gasteiger partial charge on any atom is -0.481 e. The molecule has 1 N–H and O–H groups in total. The van der Waals surface area contributed by atoms with Crippen molar-refractivity contribution in [3.63, 3.8) is 0 Å². The molecule has 0 bridgehead atoms. The fourth-order valence-corrected chi connectivity index (χ4v) is 1.63. The number of carbonyl (C=O) groups is 1. The van der Waals surface area contributed by atoms with Crippen molar-refractivity contribution in [2.24, 2.45) is 0 Å². The summed E-state index contributed by atoms with van der Waals surface area (Å²) in [6.07, 6.45) is -0.134. The summed E-state index contributed by atoms with van der Waals surface area (Å²) in [5.74, 6) is -0.0310. The van der Waals surface area contributed by atoms with Crippen molar-refractivity contribution in [3.05, 3.63) is 41.3 Å². The van der Waals surface area contributed by atoms with E-state index in [1.807, 2.05) is 31.2 Å². The molecule has 0 saturated carbocycles. The molecule has 88 valence electrons. The smallest absolute Gasteiger partial charge is 0.311 e. The SMILES string of the molecule is Cc1cccc(-c2nc(C)c(CC(=O)O)o2)c1.